The van der Waals surface area contributed by atoms with Crippen LogP contribution in [0.15, 0.2) is 219 Å². The molecule has 3 heteroatoms. The summed E-state index contributed by atoms with van der Waals surface area (Å²) in [6, 6.07) is 73.6. The number of hydrogen-bond donors (Lipinski definition) is 0. The van der Waals surface area contributed by atoms with Crippen LogP contribution in [0.1, 0.15) is 59.7 Å². The van der Waals surface area contributed by atoms with Gasteiger partial charge in [0.2, 0.25) is 0 Å². The van der Waals surface area contributed by atoms with E-state index in [4.69, 9.17) is 4.98 Å². The summed E-state index contributed by atoms with van der Waals surface area (Å²) in [6.45, 7) is 10.9. The molecule has 10 rings (SSSR count). The van der Waals surface area contributed by atoms with Gasteiger partial charge in [0, 0.05) is 35.3 Å². The van der Waals surface area contributed by atoms with Crippen molar-refractivity contribution < 1.29 is 0 Å². The molecule has 0 spiro atoms. The topological polar surface area (TPSA) is 38.7 Å². The fraction of sp³-hybridized carbons (Fsp3) is 0.149. The number of aromatic nitrogens is 3. The van der Waals surface area contributed by atoms with Crippen LogP contribution in [0.4, 0.5) is 0 Å². The quantitative estimate of drug-likeness (QED) is 0.116. The van der Waals surface area contributed by atoms with Gasteiger partial charge >= 0.3 is 0 Å². The number of aryl methyl sites for hydroxylation is 6. The van der Waals surface area contributed by atoms with Crippen molar-refractivity contribution in [3.63, 3.8) is 0 Å². The molecule has 0 aliphatic heterocycles. The maximum atomic E-state index is 4.91. The molecule has 0 radical (unpaired) electrons. The first kappa shape index (κ1) is 45.8. The first-order valence-electron chi connectivity index (χ1n) is 24.6. The number of hydrogen-bond acceptors (Lipinski definition) is 3. The minimum atomic E-state index is 0.00806. The second-order valence-corrected chi connectivity index (χ2v) is 19.8. The molecular weight excluding hydrogens is 847 g/mol. The molecule has 3 aromatic heterocycles. The van der Waals surface area contributed by atoms with E-state index < -0.39 is 0 Å². The van der Waals surface area contributed by atoms with E-state index in [9.17, 15) is 0 Å². The lowest BCUT2D eigenvalue weighted by atomic mass is 9.85. The average molecular weight is 906 g/mol. The number of pyridine rings is 3. The third kappa shape index (κ3) is 10.7. The molecule has 0 fully saturated rings. The molecule has 0 saturated heterocycles. The Hall–Kier alpha value is -8.01. The summed E-state index contributed by atoms with van der Waals surface area (Å²) in [4.78, 5) is 14.3. The van der Waals surface area contributed by atoms with Crippen molar-refractivity contribution in [3.8, 4) is 78.3 Å². The third-order valence-electron chi connectivity index (χ3n) is 13.6. The van der Waals surface area contributed by atoms with Crippen molar-refractivity contribution in [2.45, 2.75) is 65.7 Å². The minimum absolute atomic E-state index is 0.00806. The molecule has 0 bridgehead atoms. The highest BCUT2D eigenvalue weighted by molar-refractivity contribution is 5.94. The van der Waals surface area contributed by atoms with Gasteiger partial charge in [-0.3, -0.25) is 15.0 Å². The molecule has 0 saturated carbocycles. The zero-order valence-electron chi connectivity index (χ0n) is 41.0. The van der Waals surface area contributed by atoms with Gasteiger partial charge in [0.1, 0.15) is 0 Å². The molecule has 0 atom stereocenters. The summed E-state index contributed by atoms with van der Waals surface area (Å²) in [7, 11) is 0. The van der Waals surface area contributed by atoms with Gasteiger partial charge in [-0.05, 0) is 159 Å². The van der Waals surface area contributed by atoms with E-state index in [0.29, 0.717) is 0 Å². The van der Waals surface area contributed by atoms with E-state index in [1.165, 1.54) is 83.5 Å². The molecule has 0 unspecified atom stereocenters. The summed E-state index contributed by atoms with van der Waals surface area (Å²) >= 11 is 0. The summed E-state index contributed by atoms with van der Waals surface area (Å²) < 4.78 is 0. The molecule has 10 aromatic rings. The fourth-order valence-corrected chi connectivity index (χ4v) is 9.42. The second-order valence-electron chi connectivity index (χ2n) is 19.8. The first-order chi connectivity index (χ1) is 34.1. The van der Waals surface area contributed by atoms with E-state index in [1.807, 2.05) is 18.6 Å². The molecule has 0 aliphatic rings. The lowest BCUT2D eigenvalue weighted by molar-refractivity contribution is 0.589. The van der Waals surface area contributed by atoms with Crippen molar-refractivity contribution in [3.05, 3.63) is 258 Å². The van der Waals surface area contributed by atoms with Gasteiger partial charge in [-0.2, -0.15) is 0 Å². The average Bonchev–Trinajstić information content (AvgIpc) is 3.40. The van der Waals surface area contributed by atoms with E-state index >= 15 is 0 Å². The van der Waals surface area contributed by atoms with E-state index in [2.05, 4.69) is 245 Å². The Bertz CT molecular complexity index is 3250. The minimum Gasteiger partial charge on any atom is -0.256 e. The largest absolute Gasteiger partial charge is 0.256 e. The van der Waals surface area contributed by atoms with Gasteiger partial charge in [-0.1, -0.05) is 191 Å². The normalized spacial score (nSPS) is 11.4. The van der Waals surface area contributed by atoms with Crippen molar-refractivity contribution in [1.29, 1.82) is 0 Å². The SMILES string of the molecule is Cc1ccc(-c2ccc(CCc3cc(CCc4ccc(-c5ccc(C)cn5)cc4)cc(-c4ccccc4-c4ccc(-c5cc(C(C)(C)C)ccn5)cc4-c4ccc(-c5ccccc5)cc4)c3)cc2)nc1. The maximum absolute atomic E-state index is 4.91. The van der Waals surface area contributed by atoms with E-state index in [-0.39, 0.29) is 5.41 Å². The molecule has 342 valence electrons. The molecule has 0 amide bonds. The molecule has 7 aromatic carbocycles. The van der Waals surface area contributed by atoms with Crippen molar-refractivity contribution in [2.24, 2.45) is 0 Å². The second kappa shape index (κ2) is 20.3. The van der Waals surface area contributed by atoms with Crippen LogP contribution in [-0.2, 0) is 31.1 Å². The van der Waals surface area contributed by atoms with Crippen LogP contribution in [0.5, 0.6) is 0 Å². The van der Waals surface area contributed by atoms with Crippen molar-refractivity contribution >= 4 is 0 Å². The predicted octanol–water partition coefficient (Wildman–Crippen LogP) is 17.0. The monoisotopic (exact) mass is 905 g/mol. The van der Waals surface area contributed by atoms with Gasteiger partial charge in [-0.15, -0.1) is 0 Å². The Morgan fingerprint density at radius 2 is 0.800 bits per heavy atom. The first-order valence-corrected chi connectivity index (χ1v) is 24.6. The number of nitrogens with zero attached hydrogens (tertiary/aromatic N) is 3. The number of benzene rings is 7. The maximum Gasteiger partial charge on any atom is 0.0705 e. The van der Waals surface area contributed by atoms with Crippen LogP contribution in [-0.4, -0.2) is 15.0 Å². The summed E-state index contributed by atoms with van der Waals surface area (Å²) in [5.74, 6) is 0. The molecule has 70 heavy (non-hydrogen) atoms. The zero-order valence-corrected chi connectivity index (χ0v) is 41.0. The Labute approximate surface area is 414 Å². The molecule has 0 N–H and O–H groups in total. The van der Waals surface area contributed by atoms with Crippen molar-refractivity contribution in [2.75, 3.05) is 0 Å². The van der Waals surface area contributed by atoms with Crippen LogP contribution >= 0.6 is 0 Å². The fourth-order valence-electron chi connectivity index (χ4n) is 9.42. The zero-order chi connectivity index (χ0) is 48.0. The van der Waals surface area contributed by atoms with Gasteiger partial charge in [0.25, 0.3) is 0 Å². The van der Waals surface area contributed by atoms with E-state index in [0.717, 1.165) is 59.5 Å². The Balaban J connectivity index is 1.02. The highest BCUT2D eigenvalue weighted by atomic mass is 14.7. The summed E-state index contributed by atoms with van der Waals surface area (Å²) in [6.07, 6.45) is 9.57. The smallest absolute Gasteiger partial charge is 0.0705 e. The van der Waals surface area contributed by atoms with Crippen LogP contribution in [0.25, 0.3) is 78.3 Å². The Morgan fingerprint density at radius 3 is 1.36 bits per heavy atom. The highest BCUT2D eigenvalue weighted by Crippen LogP contribution is 2.42. The van der Waals surface area contributed by atoms with Crippen LogP contribution in [0.3, 0.4) is 0 Å². The standard InChI is InChI=1S/C67H59N3/c1-46-15-35-64(69-44-46)55-25-21-48(22-26-55)17-19-50-39-51(20-18-49-23-27-56(28-24-49)65-36-16-47(2)45-70-65)41-58(40-50)60-13-9-10-14-61(60)62-34-33-57(66-43-59(37-38-68-66)67(3,4)5)42-63(62)54-31-29-53(30-32-54)52-11-7-6-8-12-52/h6-16,21-45H,17-20H2,1-5H3. The third-order valence-corrected chi connectivity index (χ3v) is 13.6. The molecule has 3 nitrogen and oxygen atoms in total. The number of rotatable bonds is 13. The Kier molecular flexibility index (Phi) is 13.3. The molecular formula is C67H59N3. The Morgan fingerprint density at radius 1 is 0.314 bits per heavy atom. The van der Waals surface area contributed by atoms with Gasteiger partial charge in [-0.25, -0.2) is 0 Å². The lowest BCUT2D eigenvalue weighted by Gasteiger charge is -2.20. The lowest BCUT2D eigenvalue weighted by Crippen LogP contribution is -2.11. The summed E-state index contributed by atoms with van der Waals surface area (Å²) in [5.41, 5.74) is 24.9. The predicted molar refractivity (Wildman–Crippen MR) is 294 cm³/mol. The van der Waals surface area contributed by atoms with Crippen LogP contribution in [0.2, 0.25) is 0 Å². The molecule has 3 heterocycles. The highest BCUT2D eigenvalue weighted by Gasteiger charge is 2.19. The van der Waals surface area contributed by atoms with Gasteiger partial charge in [0.05, 0.1) is 17.1 Å². The van der Waals surface area contributed by atoms with Crippen molar-refractivity contribution in [1.82, 2.24) is 15.0 Å². The summed E-state index contributed by atoms with van der Waals surface area (Å²) in [5, 5.41) is 0. The van der Waals surface area contributed by atoms with Crippen LogP contribution in [0, 0.1) is 13.8 Å². The van der Waals surface area contributed by atoms with E-state index in [1.54, 1.807) is 0 Å². The van der Waals surface area contributed by atoms with Gasteiger partial charge < -0.3 is 0 Å². The molecule has 0 aliphatic carbocycles. The van der Waals surface area contributed by atoms with Crippen LogP contribution < -0.4 is 0 Å². The van der Waals surface area contributed by atoms with Gasteiger partial charge in [0.15, 0.2) is 0 Å².